The highest BCUT2D eigenvalue weighted by molar-refractivity contribution is 14.0. The molecule has 31 heavy (non-hydrogen) atoms. The van der Waals surface area contributed by atoms with Crippen molar-refractivity contribution >= 4 is 36.0 Å². The Hall–Kier alpha value is -1.62. The zero-order chi connectivity index (χ0) is 22.0. The molecule has 176 valence electrons. The maximum Gasteiger partial charge on any atom is 0.407 e. The molecular weight excluding hydrogens is 514 g/mol. The molecule has 7 nitrogen and oxygen atoms in total. The molecule has 1 saturated heterocycles. The van der Waals surface area contributed by atoms with E-state index in [9.17, 15) is 9.18 Å². The molecule has 0 spiro atoms. The van der Waals surface area contributed by atoms with E-state index in [0.29, 0.717) is 38.8 Å². The van der Waals surface area contributed by atoms with Gasteiger partial charge >= 0.3 is 6.09 Å². The number of rotatable bonds is 7. The van der Waals surface area contributed by atoms with Crippen molar-refractivity contribution in [2.45, 2.75) is 51.6 Å². The van der Waals surface area contributed by atoms with Crippen LogP contribution in [0.2, 0.25) is 0 Å². The van der Waals surface area contributed by atoms with E-state index in [1.165, 1.54) is 12.1 Å². The molecule has 1 aliphatic heterocycles. The molecule has 1 heterocycles. The molecule has 0 bridgehead atoms. The number of amides is 1. The molecule has 0 aliphatic carbocycles. The summed E-state index contributed by atoms with van der Waals surface area (Å²) in [4.78, 5) is 16.5. The second-order valence-electron chi connectivity index (χ2n) is 8.45. The predicted molar refractivity (Wildman–Crippen MR) is 132 cm³/mol. The van der Waals surface area contributed by atoms with Gasteiger partial charge in [0.05, 0.1) is 6.54 Å². The number of benzene rings is 1. The molecular formula is C22H36FIN4O3. The van der Waals surface area contributed by atoms with E-state index >= 15 is 0 Å². The van der Waals surface area contributed by atoms with Crippen LogP contribution in [0.3, 0.4) is 0 Å². The van der Waals surface area contributed by atoms with Crippen LogP contribution in [0.4, 0.5) is 9.18 Å². The minimum Gasteiger partial charge on any atom is -0.444 e. The summed E-state index contributed by atoms with van der Waals surface area (Å²) in [6.45, 7) is 11.0. The highest BCUT2D eigenvalue weighted by atomic mass is 127. The van der Waals surface area contributed by atoms with Gasteiger partial charge in [0.25, 0.3) is 0 Å². The van der Waals surface area contributed by atoms with E-state index < -0.39 is 11.7 Å². The summed E-state index contributed by atoms with van der Waals surface area (Å²) < 4.78 is 24.2. The van der Waals surface area contributed by atoms with Crippen LogP contribution in [0.15, 0.2) is 29.3 Å². The fourth-order valence-corrected chi connectivity index (χ4v) is 3.34. The standard InChI is InChI=1S/C22H35FN4O3.HI/c1-5-24-19(25-12-13-26-20(28)30-21(2,3)4)27-16-22(10-14-29-15-11-22)17-6-8-18(23)9-7-17;/h6-9H,5,10-16H2,1-4H3,(H,26,28)(H2,24,25,27);1H. The molecule has 0 aromatic heterocycles. The van der Waals surface area contributed by atoms with E-state index in [4.69, 9.17) is 14.5 Å². The molecule has 0 saturated carbocycles. The van der Waals surface area contributed by atoms with Crippen LogP contribution >= 0.6 is 24.0 Å². The van der Waals surface area contributed by atoms with E-state index in [0.717, 1.165) is 24.9 Å². The Morgan fingerprint density at radius 2 is 1.74 bits per heavy atom. The van der Waals surface area contributed by atoms with Crippen LogP contribution in [0, 0.1) is 5.82 Å². The van der Waals surface area contributed by atoms with E-state index in [1.54, 1.807) is 0 Å². The van der Waals surface area contributed by atoms with Crippen LogP contribution in [0.25, 0.3) is 0 Å². The summed E-state index contributed by atoms with van der Waals surface area (Å²) in [5.41, 5.74) is 0.383. The van der Waals surface area contributed by atoms with Crippen molar-refractivity contribution in [3.63, 3.8) is 0 Å². The first-order valence-corrected chi connectivity index (χ1v) is 10.6. The lowest BCUT2D eigenvalue weighted by Gasteiger charge is -2.36. The van der Waals surface area contributed by atoms with Gasteiger partial charge in [-0.1, -0.05) is 12.1 Å². The first-order chi connectivity index (χ1) is 14.2. The SMILES string of the molecule is CCNC(=NCC1(c2ccc(F)cc2)CCOCC1)NCCNC(=O)OC(C)(C)C.I. The number of hydrogen-bond acceptors (Lipinski definition) is 4. The summed E-state index contributed by atoms with van der Waals surface area (Å²) in [5.74, 6) is 0.438. The molecule has 3 N–H and O–H groups in total. The van der Waals surface area contributed by atoms with Crippen LogP contribution < -0.4 is 16.0 Å². The van der Waals surface area contributed by atoms with Gasteiger partial charge in [-0.3, -0.25) is 4.99 Å². The lowest BCUT2D eigenvalue weighted by Crippen LogP contribution is -2.44. The van der Waals surface area contributed by atoms with Crippen LogP contribution in [-0.4, -0.2) is 57.0 Å². The number of alkyl carbamates (subject to hydrolysis) is 1. The summed E-state index contributed by atoms with van der Waals surface area (Å²) in [5, 5.41) is 9.19. The molecule has 0 radical (unpaired) electrons. The monoisotopic (exact) mass is 550 g/mol. The van der Waals surface area contributed by atoms with Gasteiger partial charge in [-0.2, -0.15) is 0 Å². The lowest BCUT2D eigenvalue weighted by atomic mass is 9.74. The van der Waals surface area contributed by atoms with Gasteiger partial charge < -0.3 is 25.4 Å². The van der Waals surface area contributed by atoms with Gasteiger partial charge in [-0.15, -0.1) is 24.0 Å². The normalized spacial score (nSPS) is 16.1. The highest BCUT2D eigenvalue weighted by Crippen LogP contribution is 2.35. The number of nitrogens with zero attached hydrogens (tertiary/aromatic N) is 1. The molecule has 0 atom stereocenters. The van der Waals surface area contributed by atoms with E-state index in [2.05, 4.69) is 16.0 Å². The third-order valence-electron chi connectivity index (χ3n) is 4.88. The number of halogens is 2. The van der Waals surface area contributed by atoms with Crippen LogP contribution in [-0.2, 0) is 14.9 Å². The number of aliphatic imine (C=N–C) groups is 1. The molecule has 9 heteroatoms. The van der Waals surface area contributed by atoms with Crippen molar-refractivity contribution in [2.75, 3.05) is 39.4 Å². The summed E-state index contributed by atoms with van der Waals surface area (Å²) >= 11 is 0. The highest BCUT2D eigenvalue weighted by Gasteiger charge is 2.34. The second kappa shape index (κ2) is 13.0. The van der Waals surface area contributed by atoms with Crippen molar-refractivity contribution in [3.8, 4) is 0 Å². The fourth-order valence-electron chi connectivity index (χ4n) is 3.34. The van der Waals surface area contributed by atoms with E-state index in [1.807, 2.05) is 39.8 Å². The predicted octanol–water partition coefficient (Wildman–Crippen LogP) is 3.57. The van der Waals surface area contributed by atoms with Gasteiger partial charge in [-0.05, 0) is 58.2 Å². The van der Waals surface area contributed by atoms with Crippen LogP contribution in [0.5, 0.6) is 0 Å². The number of carbonyl (C=O) groups excluding carboxylic acids is 1. The Labute approximate surface area is 202 Å². The quantitative estimate of drug-likeness (QED) is 0.209. The third-order valence-corrected chi connectivity index (χ3v) is 4.88. The Bertz CT molecular complexity index is 702. The number of guanidine groups is 1. The van der Waals surface area contributed by atoms with Gasteiger partial charge in [0.2, 0.25) is 0 Å². The average molecular weight is 550 g/mol. The number of ether oxygens (including phenoxy) is 2. The zero-order valence-corrected chi connectivity index (χ0v) is 21.3. The molecule has 1 aromatic rings. The first-order valence-electron chi connectivity index (χ1n) is 10.6. The van der Waals surface area contributed by atoms with Crippen LogP contribution in [0.1, 0.15) is 46.1 Å². The Morgan fingerprint density at radius 3 is 2.32 bits per heavy atom. The molecule has 1 aromatic carbocycles. The van der Waals surface area contributed by atoms with Crippen molar-refractivity contribution in [1.29, 1.82) is 0 Å². The largest absolute Gasteiger partial charge is 0.444 e. The molecule has 1 fully saturated rings. The molecule has 1 amide bonds. The number of hydrogen-bond donors (Lipinski definition) is 3. The zero-order valence-electron chi connectivity index (χ0n) is 18.9. The molecule has 0 unspecified atom stereocenters. The Balaban J connectivity index is 0.00000480. The molecule has 2 rings (SSSR count). The topological polar surface area (TPSA) is 84.0 Å². The smallest absolute Gasteiger partial charge is 0.407 e. The number of nitrogens with one attached hydrogen (secondary N) is 3. The van der Waals surface area contributed by atoms with Crippen molar-refractivity contribution < 1.29 is 18.7 Å². The van der Waals surface area contributed by atoms with Gasteiger partial charge in [0.15, 0.2) is 5.96 Å². The fraction of sp³-hybridized carbons (Fsp3) is 0.636. The number of carbonyl (C=O) groups is 1. The minimum absolute atomic E-state index is 0. The van der Waals surface area contributed by atoms with Crippen molar-refractivity contribution in [3.05, 3.63) is 35.6 Å². The van der Waals surface area contributed by atoms with Gasteiger partial charge in [0, 0.05) is 38.3 Å². The summed E-state index contributed by atoms with van der Waals surface area (Å²) in [6, 6.07) is 6.70. The first kappa shape index (κ1) is 27.4. The van der Waals surface area contributed by atoms with Crippen molar-refractivity contribution in [2.24, 2.45) is 4.99 Å². The van der Waals surface area contributed by atoms with Gasteiger partial charge in [-0.25, -0.2) is 9.18 Å². The summed E-state index contributed by atoms with van der Waals surface area (Å²) in [7, 11) is 0. The Morgan fingerprint density at radius 1 is 1.13 bits per heavy atom. The van der Waals surface area contributed by atoms with Crippen molar-refractivity contribution in [1.82, 2.24) is 16.0 Å². The maximum absolute atomic E-state index is 13.4. The molecule has 1 aliphatic rings. The minimum atomic E-state index is -0.522. The Kier molecular flexibility index (Phi) is 11.5. The second-order valence-corrected chi connectivity index (χ2v) is 8.45. The lowest BCUT2D eigenvalue weighted by molar-refractivity contribution is 0.0527. The van der Waals surface area contributed by atoms with E-state index in [-0.39, 0.29) is 35.2 Å². The average Bonchev–Trinajstić information content (AvgIpc) is 2.69. The third kappa shape index (κ3) is 9.59. The summed E-state index contributed by atoms with van der Waals surface area (Å²) in [6.07, 6.45) is 1.23. The van der Waals surface area contributed by atoms with Gasteiger partial charge in [0.1, 0.15) is 11.4 Å². The maximum atomic E-state index is 13.4.